The standard InChI is InChI=1S/C19H20N2O3S2/c1-14-13-15(7-8-17(14)24-2)26(22,23)21-11-10-20-9-3-5-16(20)19(21)18-6-4-12-25-18/h3-9,12-13,19H,10-11H2,1-2H3. The molecule has 3 heterocycles. The van der Waals surface area contributed by atoms with Crippen LogP contribution in [0.2, 0.25) is 0 Å². The highest BCUT2D eigenvalue weighted by Gasteiger charge is 2.38. The average molecular weight is 389 g/mol. The van der Waals surface area contributed by atoms with Crippen LogP contribution >= 0.6 is 11.3 Å². The summed E-state index contributed by atoms with van der Waals surface area (Å²) in [6.45, 7) is 2.95. The van der Waals surface area contributed by atoms with Crippen LogP contribution < -0.4 is 4.74 Å². The molecule has 0 N–H and O–H groups in total. The summed E-state index contributed by atoms with van der Waals surface area (Å²) >= 11 is 1.58. The maximum atomic E-state index is 13.5. The van der Waals surface area contributed by atoms with E-state index in [4.69, 9.17) is 4.74 Å². The van der Waals surface area contributed by atoms with E-state index in [-0.39, 0.29) is 6.04 Å². The number of aromatic nitrogens is 1. The Labute approximate surface area is 157 Å². The molecule has 1 aliphatic heterocycles. The summed E-state index contributed by atoms with van der Waals surface area (Å²) in [5.74, 6) is 0.686. The first-order valence-corrected chi connectivity index (χ1v) is 10.7. The van der Waals surface area contributed by atoms with Gasteiger partial charge < -0.3 is 9.30 Å². The van der Waals surface area contributed by atoms with Crippen LogP contribution in [0.1, 0.15) is 22.2 Å². The number of ether oxygens (including phenoxy) is 1. The normalized spacial score (nSPS) is 17.8. The van der Waals surface area contributed by atoms with Gasteiger partial charge >= 0.3 is 0 Å². The average Bonchev–Trinajstić information content (AvgIpc) is 3.32. The van der Waals surface area contributed by atoms with Gasteiger partial charge in [-0.15, -0.1) is 11.3 Å². The number of rotatable bonds is 4. The maximum Gasteiger partial charge on any atom is 0.244 e. The summed E-state index contributed by atoms with van der Waals surface area (Å²) in [6.07, 6.45) is 2.01. The van der Waals surface area contributed by atoms with E-state index in [2.05, 4.69) is 4.57 Å². The fourth-order valence-corrected chi connectivity index (χ4v) is 6.07. The second-order valence-corrected chi connectivity index (χ2v) is 9.16. The van der Waals surface area contributed by atoms with E-state index in [0.717, 1.165) is 16.1 Å². The molecule has 0 amide bonds. The highest BCUT2D eigenvalue weighted by Crippen LogP contribution is 2.38. The largest absolute Gasteiger partial charge is 0.496 e. The van der Waals surface area contributed by atoms with Crippen LogP contribution in [-0.2, 0) is 16.6 Å². The van der Waals surface area contributed by atoms with Crippen molar-refractivity contribution >= 4 is 21.4 Å². The fraction of sp³-hybridized carbons (Fsp3) is 0.263. The number of methoxy groups -OCH3 is 1. The maximum absolute atomic E-state index is 13.5. The van der Waals surface area contributed by atoms with E-state index in [1.165, 1.54) is 0 Å². The van der Waals surface area contributed by atoms with Crippen LogP contribution in [0.25, 0.3) is 0 Å². The molecule has 4 rings (SSSR count). The number of benzene rings is 1. The molecule has 0 saturated carbocycles. The van der Waals surface area contributed by atoms with E-state index in [1.807, 2.05) is 42.8 Å². The van der Waals surface area contributed by atoms with Gasteiger partial charge in [0.25, 0.3) is 0 Å². The Kier molecular flexibility index (Phi) is 4.38. The van der Waals surface area contributed by atoms with Gasteiger partial charge in [0.15, 0.2) is 0 Å². The quantitative estimate of drug-likeness (QED) is 0.685. The second kappa shape index (κ2) is 6.57. The monoisotopic (exact) mass is 388 g/mol. The molecule has 0 radical (unpaired) electrons. The molecular weight excluding hydrogens is 368 g/mol. The first-order valence-electron chi connectivity index (χ1n) is 8.37. The number of hydrogen-bond acceptors (Lipinski definition) is 4. The summed E-state index contributed by atoms with van der Waals surface area (Å²) in [5, 5.41) is 1.99. The number of nitrogens with zero attached hydrogens (tertiary/aromatic N) is 2. The van der Waals surface area contributed by atoms with Gasteiger partial charge in [0.1, 0.15) is 5.75 Å². The molecule has 136 valence electrons. The third-order valence-corrected chi connectivity index (χ3v) is 7.56. The van der Waals surface area contributed by atoms with Gasteiger partial charge in [-0.3, -0.25) is 0 Å². The summed E-state index contributed by atoms with van der Waals surface area (Å²) in [7, 11) is -2.05. The molecule has 0 aliphatic carbocycles. The Morgan fingerprint density at radius 1 is 1.15 bits per heavy atom. The lowest BCUT2D eigenvalue weighted by Gasteiger charge is -2.35. The number of hydrogen-bond donors (Lipinski definition) is 0. The Bertz CT molecular complexity index is 1020. The minimum absolute atomic E-state index is 0.300. The predicted octanol–water partition coefficient (Wildman–Crippen LogP) is 3.66. The van der Waals surface area contributed by atoms with Crippen molar-refractivity contribution in [2.75, 3.05) is 13.7 Å². The molecule has 0 saturated heterocycles. The van der Waals surface area contributed by atoms with Gasteiger partial charge in [0.2, 0.25) is 10.0 Å². The highest BCUT2D eigenvalue weighted by atomic mass is 32.2. The van der Waals surface area contributed by atoms with Crippen LogP contribution in [0, 0.1) is 6.92 Å². The lowest BCUT2D eigenvalue weighted by atomic mass is 10.1. The lowest BCUT2D eigenvalue weighted by molar-refractivity contribution is 0.301. The summed E-state index contributed by atoms with van der Waals surface area (Å²) < 4.78 is 35.9. The van der Waals surface area contributed by atoms with Crippen molar-refractivity contribution in [3.63, 3.8) is 0 Å². The minimum atomic E-state index is -3.63. The smallest absolute Gasteiger partial charge is 0.244 e. The van der Waals surface area contributed by atoms with Crippen LogP contribution in [-0.4, -0.2) is 30.9 Å². The highest BCUT2D eigenvalue weighted by molar-refractivity contribution is 7.89. The van der Waals surface area contributed by atoms with Crippen molar-refractivity contribution in [1.82, 2.24) is 8.87 Å². The third kappa shape index (κ3) is 2.76. The number of sulfonamides is 1. The Morgan fingerprint density at radius 2 is 2.00 bits per heavy atom. The molecule has 7 heteroatoms. The number of aryl methyl sites for hydroxylation is 1. The molecule has 0 fully saturated rings. The zero-order chi connectivity index (χ0) is 18.3. The van der Waals surface area contributed by atoms with Gasteiger partial charge in [-0.25, -0.2) is 8.42 Å². The van der Waals surface area contributed by atoms with Crippen LogP contribution in [0.15, 0.2) is 58.9 Å². The van der Waals surface area contributed by atoms with E-state index in [1.54, 1.807) is 41.0 Å². The van der Waals surface area contributed by atoms with Crippen LogP contribution in [0.3, 0.4) is 0 Å². The van der Waals surface area contributed by atoms with Gasteiger partial charge in [-0.2, -0.15) is 4.31 Å². The predicted molar refractivity (Wildman–Crippen MR) is 102 cm³/mol. The van der Waals surface area contributed by atoms with Gasteiger partial charge in [0.05, 0.1) is 18.0 Å². The van der Waals surface area contributed by atoms with E-state index in [9.17, 15) is 8.42 Å². The summed E-state index contributed by atoms with van der Waals surface area (Å²) in [4.78, 5) is 1.33. The molecular formula is C19H20N2O3S2. The SMILES string of the molecule is COc1ccc(S(=O)(=O)N2CCn3cccc3C2c2cccs2)cc1C. The van der Waals surface area contributed by atoms with Crippen molar-refractivity contribution in [1.29, 1.82) is 0 Å². The lowest BCUT2D eigenvalue weighted by Crippen LogP contribution is -2.42. The Hall–Kier alpha value is -2.09. The topological polar surface area (TPSA) is 51.5 Å². The number of fused-ring (bicyclic) bond motifs is 1. The van der Waals surface area contributed by atoms with Gasteiger partial charge in [0, 0.05) is 29.9 Å². The first kappa shape index (κ1) is 17.3. The fourth-order valence-electron chi connectivity index (χ4n) is 3.50. The van der Waals surface area contributed by atoms with Crippen LogP contribution in [0.5, 0.6) is 5.75 Å². The first-order chi connectivity index (χ1) is 12.5. The molecule has 1 atom stereocenters. The van der Waals surface area contributed by atoms with Gasteiger partial charge in [-0.1, -0.05) is 6.07 Å². The molecule has 0 spiro atoms. The molecule has 1 aliphatic rings. The molecule has 1 aromatic carbocycles. The Balaban J connectivity index is 1.81. The third-order valence-electron chi connectivity index (χ3n) is 4.78. The zero-order valence-electron chi connectivity index (χ0n) is 14.6. The molecule has 5 nitrogen and oxygen atoms in total. The van der Waals surface area contributed by atoms with Crippen molar-refractivity contribution in [2.24, 2.45) is 0 Å². The van der Waals surface area contributed by atoms with E-state index < -0.39 is 10.0 Å². The van der Waals surface area contributed by atoms with Crippen molar-refractivity contribution in [2.45, 2.75) is 24.4 Å². The Morgan fingerprint density at radius 3 is 2.69 bits per heavy atom. The van der Waals surface area contributed by atoms with E-state index >= 15 is 0 Å². The summed E-state index contributed by atoms with van der Waals surface area (Å²) in [6, 6.07) is 12.7. The van der Waals surface area contributed by atoms with Crippen molar-refractivity contribution < 1.29 is 13.2 Å². The van der Waals surface area contributed by atoms with Crippen molar-refractivity contribution in [3.8, 4) is 5.75 Å². The summed E-state index contributed by atoms with van der Waals surface area (Å²) in [5.41, 5.74) is 1.81. The molecule has 26 heavy (non-hydrogen) atoms. The zero-order valence-corrected chi connectivity index (χ0v) is 16.3. The van der Waals surface area contributed by atoms with Crippen molar-refractivity contribution in [3.05, 3.63) is 70.2 Å². The molecule has 3 aromatic rings. The molecule has 1 unspecified atom stereocenters. The van der Waals surface area contributed by atoms with E-state index in [0.29, 0.717) is 23.7 Å². The molecule has 0 bridgehead atoms. The second-order valence-electron chi connectivity index (χ2n) is 6.29. The number of thiophene rings is 1. The minimum Gasteiger partial charge on any atom is -0.496 e. The molecule has 2 aromatic heterocycles. The van der Waals surface area contributed by atoms with Gasteiger partial charge in [-0.05, 0) is 54.3 Å². The van der Waals surface area contributed by atoms with Crippen LogP contribution in [0.4, 0.5) is 0 Å².